The number of pyridine rings is 1. The van der Waals surface area contributed by atoms with Gasteiger partial charge in [0.1, 0.15) is 0 Å². The molecule has 0 bridgehead atoms. The number of aromatic nitrogens is 1. The maximum Gasteiger partial charge on any atom is 0.168 e. The number of aliphatic hydroxyl groups is 1. The lowest BCUT2D eigenvalue weighted by atomic mass is 10.3. The summed E-state index contributed by atoms with van der Waals surface area (Å²) in [6.45, 7) is 3.78. The van der Waals surface area contributed by atoms with Gasteiger partial charge < -0.3 is 15.7 Å². The van der Waals surface area contributed by atoms with E-state index in [9.17, 15) is 8.78 Å². The predicted octanol–water partition coefficient (Wildman–Crippen LogP) is 1.58. The van der Waals surface area contributed by atoms with E-state index in [1.54, 1.807) is 13.8 Å². The molecular formula is C10H15F2N3O. The maximum absolute atomic E-state index is 13.3. The van der Waals surface area contributed by atoms with Crippen LogP contribution in [0.3, 0.4) is 0 Å². The Morgan fingerprint density at radius 1 is 1.38 bits per heavy atom. The van der Waals surface area contributed by atoms with Crippen molar-refractivity contribution < 1.29 is 13.9 Å². The topological polar surface area (TPSA) is 57.2 Å². The van der Waals surface area contributed by atoms with Crippen LogP contribution in [0.4, 0.5) is 20.4 Å². The fraction of sp³-hybridized carbons (Fsp3) is 0.500. The van der Waals surface area contributed by atoms with Crippen LogP contribution in [0, 0.1) is 11.6 Å². The summed E-state index contributed by atoms with van der Waals surface area (Å²) >= 11 is 0. The highest BCUT2D eigenvalue weighted by Crippen LogP contribution is 2.19. The molecule has 0 saturated carbocycles. The summed E-state index contributed by atoms with van der Waals surface area (Å²) in [6, 6.07) is 0.416. The summed E-state index contributed by atoms with van der Waals surface area (Å²) < 4.78 is 26.5. The molecule has 16 heavy (non-hydrogen) atoms. The van der Waals surface area contributed by atoms with Gasteiger partial charge in [-0.25, -0.2) is 13.8 Å². The fourth-order valence-corrected chi connectivity index (χ4v) is 1.14. The highest BCUT2D eigenvalue weighted by atomic mass is 19.1. The number of hydrogen-bond acceptors (Lipinski definition) is 4. The van der Waals surface area contributed by atoms with Gasteiger partial charge in [-0.05, 0) is 13.8 Å². The van der Waals surface area contributed by atoms with Crippen LogP contribution in [-0.2, 0) is 0 Å². The number of nitrogens with one attached hydrogen (secondary N) is 2. The summed E-state index contributed by atoms with van der Waals surface area (Å²) in [4.78, 5) is 3.77. The molecule has 1 atom stereocenters. The Balaban J connectivity index is 2.95. The van der Waals surface area contributed by atoms with Gasteiger partial charge in [0.05, 0.1) is 6.61 Å². The minimum absolute atomic E-state index is 0.00320. The number of aliphatic hydroxyl groups excluding tert-OH is 1. The Hall–Kier alpha value is -1.43. The van der Waals surface area contributed by atoms with E-state index in [2.05, 4.69) is 15.6 Å². The second kappa shape index (κ2) is 5.60. The lowest BCUT2D eigenvalue weighted by molar-refractivity contribution is 0.281. The molecule has 0 fully saturated rings. The monoisotopic (exact) mass is 231 g/mol. The van der Waals surface area contributed by atoms with Crippen LogP contribution in [0.1, 0.15) is 13.8 Å². The van der Waals surface area contributed by atoms with Crippen LogP contribution >= 0.6 is 0 Å². The third-order valence-electron chi connectivity index (χ3n) is 1.93. The molecule has 0 aliphatic heterocycles. The van der Waals surface area contributed by atoms with E-state index in [1.807, 2.05) is 0 Å². The molecule has 3 N–H and O–H groups in total. The number of hydrogen-bond donors (Lipinski definition) is 3. The van der Waals surface area contributed by atoms with Gasteiger partial charge in [-0.2, -0.15) is 0 Å². The van der Waals surface area contributed by atoms with E-state index in [0.29, 0.717) is 6.54 Å². The zero-order chi connectivity index (χ0) is 12.1. The van der Waals surface area contributed by atoms with E-state index in [4.69, 9.17) is 5.11 Å². The quantitative estimate of drug-likeness (QED) is 0.720. The molecule has 0 saturated heterocycles. The van der Waals surface area contributed by atoms with Crippen molar-refractivity contribution in [2.24, 2.45) is 0 Å². The Labute approximate surface area is 92.7 Å². The number of anilines is 2. The van der Waals surface area contributed by atoms with Crippen LogP contribution in [0.5, 0.6) is 0 Å². The normalized spacial score (nSPS) is 12.3. The van der Waals surface area contributed by atoms with E-state index >= 15 is 0 Å². The molecule has 0 aliphatic carbocycles. The molecule has 0 aromatic carbocycles. The standard InChI is InChI=1S/C10H15F2N3O/c1-3-13-9-7(11)4-8(12)10(15-9)14-6(2)5-16/h4,6,16H,3,5H2,1-2H3,(H2,13,14,15). The van der Waals surface area contributed by atoms with E-state index in [1.165, 1.54) is 0 Å². The largest absolute Gasteiger partial charge is 0.394 e. The number of halogens is 2. The van der Waals surface area contributed by atoms with Gasteiger partial charge in [-0.3, -0.25) is 0 Å². The van der Waals surface area contributed by atoms with Crippen molar-refractivity contribution in [3.8, 4) is 0 Å². The summed E-state index contributed by atoms with van der Waals surface area (Å²) in [5.41, 5.74) is 0. The summed E-state index contributed by atoms with van der Waals surface area (Å²) in [6.07, 6.45) is 0. The third kappa shape index (κ3) is 3.03. The minimum atomic E-state index is -0.778. The number of nitrogens with zero attached hydrogens (tertiary/aromatic N) is 1. The maximum atomic E-state index is 13.3. The van der Waals surface area contributed by atoms with E-state index in [-0.39, 0.29) is 24.3 Å². The van der Waals surface area contributed by atoms with Gasteiger partial charge in [0, 0.05) is 18.7 Å². The third-order valence-corrected chi connectivity index (χ3v) is 1.93. The van der Waals surface area contributed by atoms with Gasteiger partial charge in [0.25, 0.3) is 0 Å². The molecule has 0 spiro atoms. The first kappa shape index (κ1) is 12.6. The number of rotatable bonds is 5. The van der Waals surface area contributed by atoms with Gasteiger partial charge in [-0.15, -0.1) is 0 Å². The molecule has 1 aromatic heterocycles. The molecule has 1 rings (SSSR count). The predicted molar refractivity (Wildman–Crippen MR) is 58.5 cm³/mol. The van der Waals surface area contributed by atoms with Crippen LogP contribution in [0.15, 0.2) is 6.07 Å². The first-order chi connectivity index (χ1) is 7.58. The van der Waals surface area contributed by atoms with Crippen LogP contribution < -0.4 is 10.6 Å². The Morgan fingerprint density at radius 3 is 2.56 bits per heavy atom. The molecule has 0 amide bonds. The second-order valence-corrected chi connectivity index (χ2v) is 3.41. The zero-order valence-corrected chi connectivity index (χ0v) is 9.22. The smallest absolute Gasteiger partial charge is 0.168 e. The van der Waals surface area contributed by atoms with Gasteiger partial charge in [0.2, 0.25) is 0 Å². The van der Waals surface area contributed by atoms with Crippen LogP contribution in [0.2, 0.25) is 0 Å². The summed E-state index contributed by atoms with van der Waals surface area (Å²) in [5.74, 6) is -1.59. The molecule has 1 heterocycles. The molecule has 0 radical (unpaired) electrons. The van der Waals surface area contributed by atoms with Crippen molar-refractivity contribution in [1.82, 2.24) is 4.98 Å². The van der Waals surface area contributed by atoms with Crippen molar-refractivity contribution in [3.63, 3.8) is 0 Å². The highest BCUT2D eigenvalue weighted by Gasteiger charge is 2.12. The summed E-state index contributed by atoms with van der Waals surface area (Å²) in [7, 11) is 0. The van der Waals surface area contributed by atoms with Gasteiger partial charge in [-0.1, -0.05) is 0 Å². The SMILES string of the molecule is CCNc1nc(NC(C)CO)c(F)cc1F. The molecule has 6 heteroatoms. The van der Waals surface area contributed by atoms with E-state index < -0.39 is 11.6 Å². The Bertz CT molecular complexity index is 360. The van der Waals surface area contributed by atoms with Gasteiger partial charge >= 0.3 is 0 Å². The van der Waals surface area contributed by atoms with Crippen LogP contribution in [0.25, 0.3) is 0 Å². The van der Waals surface area contributed by atoms with Crippen molar-refractivity contribution >= 4 is 11.6 Å². The second-order valence-electron chi connectivity index (χ2n) is 3.41. The molecule has 0 aliphatic rings. The Morgan fingerprint density at radius 2 is 2.00 bits per heavy atom. The molecule has 1 aromatic rings. The average molecular weight is 231 g/mol. The first-order valence-corrected chi connectivity index (χ1v) is 5.05. The lowest BCUT2D eigenvalue weighted by Crippen LogP contribution is -2.21. The zero-order valence-electron chi connectivity index (χ0n) is 9.22. The minimum Gasteiger partial charge on any atom is -0.394 e. The Kier molecular flexibility index (Phi) is 4.42. The van der Waals surface area contributed by atoms with Crippen molar-refractivity contribution in [2.45, 2.75) is 19.9 Å². The van der Waals surface area contributed by atoms with Crippen molar-refractivity contribution in [2.75, 3.05) is 23.8 Å². The van der Waals surface area contributed by atoms with E-state index in [0.717, 1.165) is 6.07 Å². The van der Waals surface area contributed by atoms with Gasteiger partial charge in [0.15, 0.2) is 23.3 Å². The average Bonchev–Trinajstić information content (AvgIpc) is 2.25. The first-order valence-electron chi connectivity index (χ1n) is 5.05. The van der Waals surface area contributed by atoms with Crippen LogP contribution in [-0.4, -0.2) is 29.3 Å². The molecule has 1 unspecified atom stereocenters. The molecule has 90 valence electrons. The summed E-state index contributed by atoms with van der Waals surface area (Å²) in [5, 5.41) is 14.1. The van der Waals surface area contributed by atoms with Crippen molar-refractivity contribution in [3.05, 3.63) is 17.7 Å². The molecule has 4 nitrogen and oxygen atoms in total. The highest BCUT2D eigenvalue weighted by molar-refractivity contribution is 5.47. The van der Waals surface area contributed by atoms with Crippen molar-refractivity contribution in [1.29, 1.82) is 0 Å². The fourth-order valence-electron chi connectivity index (χ4n) is 1.14. The molecular weight excluding hydrogens is 216 g/mol. The lowest BCUT2D eigenvalue weighted by Gasteiger charge is -2.13.